The first-order valence-corrected chi connectivity index (χ1v) is 9.61. The molecule has 0 unspecified atom stereocenters. The highest BCUT2D eigenvalue weighted by Gasteiger charge is 2.26. The molecule has 3 rings (SSSR count). The molecule has 8 heteroatoms. The van der Waals surface area contributed by atoms with Crippen molar-refractivity contribution in [2.45, 2.75) is 24.3 Å². The van der Waals surface area contributed by atoms with E-state index in [2.05, 4.69) is 20.8 Å². The Kier molecular flexibility index (Phi) is 6.10. The van der Waals surface area contributed by atoms with Crippen LogP contribution in [0.15, 0.2) is 59.8 Å². The first-order chi connectivity index (χ1) is 13.5. The van der Waals surface area contributed by atoms with Crippen molar-refractivity contribution in [3.63, 3.8) is 0 Å². The molecule has 0 fully saturated rings. The van der Waals surface area contributed by atoms with Crippen molar-refractivity contribution in [1.29, 1.82) is 0 Å². The van der Waals surface area contributed by atoms with Crippen LogP contribution in [0, 0.1) is 13.8 Å². The molecule has 3 amide bonds. The van der Waals surface area contributed by atoms with Gasteiger partial charge in [-0.15, -0.1) is 10.2 Å². The van der Waals surface area contributed by atoms with Crippen molar-refractivity contribution >= 4 is 23.7 Å². The van der Waals surface area contributed by atoms with Crippen molar-refractivity contribution < 1.29 is 9.59 Å². The molecule has 0 saturated carbocycles. The van der Waals surface area contributed by atoms with Crippen LogP contribution in [0.4, 0.5) is 4.79 Å². The maximum atomic E-state index is 12.8. The number of urea groups is 1. The van der Waals surface area contributed by atoms with Crippen molar-refractivity contribution in [3.05, 3.63) is 71.5 Å². The zero-order chi connectivity index (χ0) is 20.1. The van der Waals surface area contributed by atoms with Gasteiger partial charge in [0.15, 0.2) is 5.16 Å². The van der Waals surface area contributed by atoms with Crippen LogP contribution in [-0.4, -0.2) is 33.8 Å². The first-order valence-electron chi connectivity index (χ1n) is 8.73. The lowest BCUT2D eigenvalue weighted by molar-refractivity contribution is -0.119. The second kappa shape index (κ2) is 8.71. The number of nitrogens with zero attached hydrogens (tertiary/aromatic N) is 3. The van der Waals surface area contributed by atoms with Crippen LogP contribution in [0.25, 0.3) is 5.69 Å². The van der Waals surface area contributed by atoms with Gasteiger partial charge in [-0.05, 0) is 37.1 Å². The van der Waals surface area contributed by atoms with Crippen LogP contribution in [0.3, 0.4) is 0 Å². The average Bonchev–Trinajstić information content (AvgIpc) is 3.06. The van der Waals surface area contributed by atoms with E-state index in [0.717, 1.165) is 16.8 Å². The smallest absolute Gasteiger partial charge is 0.321 e. The standard InChI is InChI=1S/C20H21N5O2S/c1-13-8-7-11-16(12-13)25-14(2)23-24-20(25)28-17(15-9-5-4-6-10-15)18(26)22-19(27)21-3/h4-12,17H,1-3H3,(H2,21,22,26,27)/t17-/m1/s1. The molecule has 2 aromatic carbocycles. The highest BCUT2D eigenvalue weighted by Crippen LogP contribution is 2.36. The minimum atomic E-state index is -0.661. The Labute approximate surface area is 167 Å². The van der Waals surface area contributed by atoms with Crippen LogP contribution in [0.1, 0.15) is 22.2 Å². The summed E-state index contributed by atoms with van der Waals surface area (Å²) in [4.78, 5) is 24.4. The number of amides is 3. The van der Waals surface area contributed by atoms with Crippen LogP contribution in [-0.2, 0) is 4.79 Å². The van der Waals surface area contributed by atoms with E-state index < -0.39 is 17.2 Å². The monoisotopic (exact) mass is 395 g/mol. The number of benzene rings is 2. The SMILES string of the molecule is CNC(=O)NC(=O)[C@H](Sc1nnc(C)n1-c1cccc(C)c1)c1ccccc1. The van der Waals surface area contributed by atoms with E-state index in [9.17, 15) is 9.59 Å². The second-order valence-corrected chi connectivity index (χ2v) is 7.25. The quantitative estimate of drug-likeness (QED) is 0.648. The Morgan fingerprint density at radius 2 is 1.79 bits per heavy atom. The molecular weight excluding hydrogens is 374 g/mol. The number of hydrogen-bond donors (Lipinski definition) is 2. The molecule has 0 aliphatic rings. The van der Waals surface area contributed by atoms with Gasteiger partial charge in [0.2, 0.25) is 5.91 Å². The molecule has 144 valence electrons. The Morgan fingerprint density at radius 1 is 1.04 bits per heavy atom. The number of carbonyl (C=O) groups excluding carboxylic acids is 2. The van der Waals surface area contributed by atoms with E-state index in [4.69, 9.17) is 0 Å². The molecule has 1 aromatic heterocycles. The van der Waals surface area contributed by atoms with Gasteiger partial charge in [-0.1, -0.05) is 54.2 Å². The van der Waals surface area contributed by atoms with E-state index >= 15 is 0 Å². The largest absolute Gasteiger partial charge is 0.341 e. The van der Waals surface area contributed by atoms with Crippen LogP contribution >= 0.6 is 11.8 Å². The summed E-state index contributed by atoms with van der Waals surface area (Å²) in [5, 5.41) is 13.1. The van der Waals surface area contributed by atoms with Crippen molar-refractivity contribution in [2.75, 3.05) is 7.05 Å². The number of aromatic nitrogens is 3. The average molecular weight is 395 g/mol. The third-order valence-corrected chi connectivity index (χ3v) is 5.28. The topological polar surface area (TPSA) is 88.9 Å². The van der Waals surface area contributed by atoms with Gasteiger partial charge in [0.1, 0.15) is 11.1 Å². The summed E-state index contributed by atoms with van der Waals surface area (Å²) in [5.41, 5.74) is 2.80. The molecule has 1 atom stereocenters. The number of imide groups is 1. The minimum absolute atomic E-state index is 0.424. The summed E-state index contributed by atoms with van der Waals surface area (Å²) in [7, 11) is 1.46. The molecule has 0 saturated heterocycles. The van der Waals surface area contributed by atoms with Crippen LogP contribution < -0.4 is 10.6 Å². The first kappa shape index (κ1) is 19.6. The predicted molar refractivity (Wildman–Crippen MR) is 108 cm³/mol. The van der Waals surface area contributed by atoms with Crippen LogP contribution in [0.5, 0.6) is 0 Å². The van der Waals surface area contributed by atoms with E-state index in [1.54, 1.807) is 0 Å². The number of carbonyl (C=O) groups is 2. The summed E-state index contributed by atoms with van der Waals surface area (Å²) < 4.78 is 1.90. The van der Waals surface area contributed by atoms with E-state index in [1.165, 1.54) is 18.8 Å². The molecular formula is C20H21N5O2S. The van der Waals surface area contributed by atoms with Gasteiger partial charge in [0.05, 0.1) is 0 Å². The third kappa shape index (κ3) is 4.40. The highest BCUT2D eigenvalue weighted by atomic mass is 32.2. The zero-order valence-electron chi connectivity index (χ0n) is 15.8. The Morgan fingerprint density at radius 3 is 2.46 bits per heavy atom. The van der Waals surface area contributed by atoms with Gasteiger partial charge < -0.3 is 5.32 Å². The molecule has 1 heterocycles. The van der Waals surface area contributed by atoms with Gasteiger partial charge in [-0.25, -0.2) is 4.79 Å². The van der Waals surface area contributed by atoms with Crippen molar-refractivity contribution in [2.24, 2.45) is 0 Å². The third-order valence-electron chi connectivity index (χ3n) is 4.08. The molecule has 0 radical (unpaired) electrons. The molecule has 0 spiro atoms. The van der Waals surface area contributed by atoms with E-state index in [0.29, 0.717) is 11.0 Å². The molecule has 2 N–H and O–H groups in total. The second-order valence-electron chi connectivity index (χ2n) is 6.18. The lowest BCUT2D eigenvalue weighted by Crippen LogP contribution is -2.39. The molecule has 3 aromatic rings. The number of aryl methyl sites for hydroxylation is 2. The van der Waals surface area contributed by atoms with E-state index in [1.807, 2.05) is 73.0 Å². The Balaban J connectivity index is 1.98. The molecule has 0 aliphatic heterocycles. The van der Waals surface area contributed by atoms with Gasteiger partial charge in [-0.2, -0.15) is 0 Å². The number of rotatable bonds is 5. The Bertz CT molecular complexity index is 987. The van der Waals surface area contributed by atoms with Crippen molar-refractivity contribution in [3.8, 4) is 5.69 Å². The zero-order valence-corrected chi connectivity index (χ0v) is 16.7. The van der Waals surface area contributed by atoms with E-state index in [-0.39, 0.29) is 0 Å². The van der Waals surface area contributed by atoms with Crippen molar-refractivity contribution in [1.82, 2.24) is 25.4 Å². The molecule has 7 nitrogen and oxygen atoms in total. The van der Waals surface area contributed by atoms with Gasteiger partial charge in [-0.3, -0.25) is 14.7 Å². The fraction of sp³-hybridized carbons (Fsp3) is 0.200. The fourth-order valence-electron chi connectivity index (χ4n) is 2.73. The normalized spacial score (nSPS) is 11.7. The van der Waals surface area contributed by atoms with Gasteiger partial charge in [0.25, 0.3) is 0 Å². The van der Waals surface area contributed by atoms with Gasteiger partial charge in [0, 0.05) is 12.7 Å². The summed E-state index contributed by atoms with van der Waals surface area (Å²) in [5.74, 6) is 0.290. The molecule has 0 bridgehead atoms. The maximum absolute atomic E-state index is 12.8. The fourth-order valence-corrected chi connectivity index (χ4v) is 3.83. The number of thioether (sulfide) groups is 1. The van der Waals surface area contributed by atoms with Crippen LogP contribution in [0.2, 0.25) is 0 Å². The summed E-state index contributed by atoms with van der Waals surface area (Å²) in [6, 6.07) is 16.7. The molecule has 28 heavy (non-hydrogen) atoms. The van der Waals surface area contributed by atoms with Gasteiger partial charge >= 0.3 is 6.03 Å². The number of nitrogens with one attached hydrogen (secondary N) is 2. The molecule has 0 aliphatic carbocycles. The summed E-state index contributed by atoms with van der Waals surface area (Å²) in [6.07, 6.45) is 0. The predicted octanol–water partition coefficient (Wildman–Crippen LogP) is 3.17. The minimum Gasteiger partial charge on any atom is -0.341 e. The highest BCUT2D eigenvalue weighted by molar-refractivity contribution is 8.00. The maximum Gasteiger partial charge on any atom is 0.321 e. The lowest BCUT2D eigenvalue weighted by atomic mass is 10.1. The number of hydrogen-bond acceptors (Lipinski definition) is 5. The summed E-state index contributed by atoms with van der Waals surface area (Å²) >= 11 is 1.25. The Hall–Kier alpha value is -3.13. The summed E-state index contributed by atoms with van der Waals surface area (Å²) in [6.45, 7) is 3.88. The lowest BCUT2D eigenvalue weighted by Gasteiger charge is -2.17.